The van der Waals surface area contributed by atoms with Crippen molar-refractivity contribution in [1.29, 1.82) is 5.26 Å². The third-order valence-corrected chi connectivity index (χ3v) is 4.96. The second-order valence-corrected chi connectivity index (χ2v) is 7.31. The molecule has 0 bridgehead atoms. The smallest absolute Gasteiger partial charge is 0.203 e. The molecule has 0 radical (unpaired) electrons. The Morgan fingerprint density at radius 3 is 2.65 bits per heavy atom. The second kappa shape index (κ2) is 10.5. The van der Waals surface area contributed by atoms with Crippen LogP contribution in [0.4, 0.5) is 4.39 Å². The Morgan fingerprint density at radius 2 is 1.91 bits per heavy atom. The molecule has 0 N–H and O–H groups in total. The molecule has 0 saturated carbocycles. The summed E-state index contributed by atoms with van der Waals surface area (Å²) in [5, 5.41) is 13.3. The van der Waals surface area contributed by atoms with Crippen molar-refractivity contribution < 1.29 is 13.9 Å². The molecule has 2 aromatic carbocycles. The highest BCUT2D eigenvalue weighted by Crippen LogP contribution is 2.19. The van der Waals surface area contributed by atoms with Crippen LogP contribution in [-0.4, -0.2) is 40.1 Å². The van der Waals surface area contributed by atoms with Crippen molar-refractivity contribution >= 4 is 0 Å². The molecule has 34 heavy (non-hydrogen) atoms. The van der Waals surface area contributed by atoms with Gasteiger partial charge in [-0.3, -0.25) is 4.79 Å². The zero-order valence-electron chi connectivity index (χ0n) is 18.3. The van der Waals surface area contributed by atoms with E-state index in [1.807, 2.05) is 24.3 Å². The first-order chi connectivity index (χ1) is 16.6. The van der Waals surface area contributed by atoms with E-state index in [0.29, 0.717) is 36.2 Å². The molecule has 0 amide bonds. The molecule has 0 fully saturated rings. The monoisotopic (exact) mass is 457 g/mol. The highest BCUT2D eigenvalue weighted by atomic mass is 19.1. The Morgan fingerprint density at radius 1 is 1.09 bits per heavy atom. The van der Waals surface area contributed by atoms with Crippen molar-refractivity contribution in [3.63, 3.8) is 0 Å². The highest BCUT2D eigenvalue weighted by molar-refractivity contribution is 5.56. The van der Waals surface area contributed by atoms with Crippen LogP contribution in [0, 0.1) is 17.1 Å². The van der Waals surface area contributed by atoms with Crippen molar-refractivity contribution in [2.45, 2.75) is 6.42 Å². The van der Waals surface area contributed by atoms with E-state index in [9.17, 15) is 9.18 Å². The summed E-state index contributed by atoms with van der Waals surface area (Å²) in [5.74, 6) is 0.419. The average molecular weight is 457 g/mol. The fourth-order valence-electron chi connectivity index (χ4n) is 3.25. The van der Waals surface area contributed by atoms with E-state index in [4.69, 9.17) is 14.7 Å². The van der Waals surface area contributed by atoms with E-state index in [1.165, 1.54) is 29.1 Å². The van der Waals surface area contributed by atoms with Gasteiger partial charge in [-0.1, -0.05) is 18.2 Å². The summed E-state index contributed by atoms with van der Waals surface area (Å²) in [6.45, 7) is 0.880. The zero-order valence-corrected chi connectivity index (χ0v) is 18.3. The van der Waals surface area contributed by atoms with E-state index < -0.39 is 5.82 Å². The molecule has 2 heterocycles. The number of nitrogens with zero attached hydrogens (tertiary/aromatic N) is 5. The average Bonchev–Trinajstić information content (AvgIpc) is 2.86. The van der Waals surface area contributed by atoms with Crippen LogP contribution in [0.3, 0.4) is 0 Å². The fourth-order valence-corrected chi connectivity index (χ4v) is 3.25. The van der Waals surface area contributed by atoms with E-state index >= 15 is 0 Å². The third-order valence-electron chi connectivity index (χ3n) is 4.96. The van der Waals surface area contributed by atoms with Crippen LogP contribution in [0.15, 0.2) is 71.9 Å². The van der Waals surface area contributed by atoms with Gasteiger partial charge in [0.15, 0.2) is 11.6 Å². The number of aromatic nitrogens is 4. The normalized spacial score (nSPS) is 10.6. The van der Waals surface area contributed by atoms with Crippen LogP contribution in [0.5, 0.6) is 5.75 Å². The Bertz CT molecular complexity index is 1400. The molecule has 9 heteroatoms. The first kappa shape index (κ1) is 22.8. The Kier molecular flexibility index (Phi) is 7.01. The van der Waals surface area contributed by atoms with Crippen LogP contribution in [-0.2, 0) is 11.2 Å². The number of hydrogen-bond donors (Lipinski definition) is 0. The first-order valence-corrected chi connectivity index (χ1v) is 10.4. The van der Waals surface area contributed by atoms with Crippen LogP contribution in [0.25, 0.3) is 17.1 Å². The predicted octanol–water partition coefficient (Wildman–Crippen LogP) is 3.32. The summed E-state index contributed by atoms with van der Waals surface area (Å²) in [5.41, 5.74) is 2.05. The molecular weight excluding hydrogens is 437 g/mol. The molecule has 0 saturated heterocycles. The summed E-state index contributed by atoms with van der Waals surface area (Å²) >= 11 is 0. The number of methoxy groups -OCH3 is 1. The van der Waals surface area contributed by atoms with E-state index in [0.717, 1.165) is 11.1 Å². The van der Waals surface area contributed by atoms with Gasteiger partial charge in [0, 0.05) is 37.4 Å². The summed E-state index contributed by atoms with van der Waals surface area (Å²) in [4.78, 5) is 21.1. The Balaban J connectivity index is 1.55. The number of hydrogen-bond acceptors (Lipinski definition) is 7. The number of benzene rings is 2. The van der Waals surface area contributed by atoms with Gasteiger partial charge >= 0.3 is 0 Å². The lowest BCUT2D eigenvalue weighted by Gasteiger charge is -2.09. The lowest BCUT2D eigenvalue weighted by atomic mass is 10.1. The fraction of sp³-hybridized carbons (Fsp3) is 0.160. The minimum Gasteiger partial charge on any atom is -0.488 e. The molecule has 0 aliphatic heterocycles. The lowest BCUT2D eigenvalue weighted by Crippen LogP contribution is -2.16. The van der Waals surface area contributed by atoms with Crippen molar-refractivity contribution in [3.8, 4) is 28.9 Å². The van der Waals surface area contributed by atoms with E-state index in [-0.39, 0.29) is 17.4 Å². The number of halogens is 1. The van der Waals surface area contributed by atoms with Gasteiger partial charge in [-0.2, -0.15) is 10.4 Å². The third kappa shape index (κ3) is 5.31. The van der Waals surface area contributed by atoms with Gasteiger partial charge in [-0.05, 0) is 23.8 Å². The van der Waals surface area contributed by atoms with Gasteiger partial charge in [0.1, 0.15) is 24.2 Å². The topological polar surface area (TPSA) is 103 Å². The summed E-state index contributed by atoms with van der Waals surface area (Å²) in [6.07, 6.45) is 4.93. The summed E-state index contributed by atoms with van der Waals surface area (Å²) < 4.78 is 25.9. The quantitative estimate of drug-likeness (QED) is 0.374. The highest BCUT2D eigenvalue weighted by Gasteiger charge is 2.10. The molecular formula is C25H20FN5O3. The molecule has 0 unspecified atom stereocenters. The van der Waals surface area contributed by atoms with Crippen LogP contribution < -0.4 is 10.2 Å². The minimum atomic E-state index is -0.648. The SMILES string of the molecule is COCCOc1cnc(-c2cccc(Cc3nn(-c4ccc(C#N)c(F)c4)ccc3=O)c2)nc1. The van der Waals surface area contributed by atoms with Gasteiger partial charge in [0.25, 0.3) is 0 Å². The molecule has 170 valence electrons. The minimum absolute atomic E-state index is 0.0568. The second-order valence-electron chi connectivity index (χ2n) is 7.31. The number of nitriles is 1. The van der Waals surface area contributed by atoms with Crippen molar-refractivity contribution in [2.24, 2.45) is 0 Å². The predicted molar refractivity (Wildman–Crippen MR) is 122 cm³/mol. The van der Waals surface area contributed by atoms with Gasteiger partial charge in [0.05, 0.1) is 30.3 Å². The van der Waals surface area contributed by atoms with E-state index in [1.54, 1.807) is 31.6 Å². The van der Waals surface area contributed by atoms with Gasteiger partial charge in [0.2, 0.25) is 5.43 Å². The lowest BCUT2D eigenvalue weighted by molar-refractivity contribution is 0.146. The standard InChI is InChI=1S/C25H20FN5O3/c1-33-9-10-34-21-15-28-25(29-16-21)18-4-2-3-17(11-18)12-23-24(32)7-8-31(30-23)20-6-5-19(14-27)22(26)13-20/h2-8,11,13,15-16H,9-10,12H2,1H3. The van der Waals surface area contributed by atoms with Crippen molar-refractivity contribution in [3.05, 3.63) is 100.0 Å². The zero-order chi connectivity index (χ0) is 23.9. The molecule has 8 nitrogen and oxygen atoms in total. The van der Waals surface area contributed by atoms with Crippen LogP contribution in [0.2, 0.25) is 0 Å². The maximum Gasteiger partial charge on any atom is 0.203 e. The number of ether oxygens (including phenoxy) is 2. The van der Waals surface area contributed by atoms with E-state index in [2.05, 4.69) is 15.1 Å². The molecule has 0 aliphatic carbocycles. The van der Waals surface area contributed by atoms with Gasteiger partial charge < -0.3 is 9.47 Å². The molecule has 4 rings (SSSR count). The summed E-state index contributed by atoms with van der Waals surface area (Å²) in [7, 11) is 1.60. The maximum atomic E-state index is 14.0. The Labute approximate surface area is 194 Å². The summed E-state index contributed by atoms with van der Waals surface area (Å²) in [6, 6.07) is 14.8. The van der Waals surface area contributed by atoms with Crippen LogP contribution in [0.1, 0.15) is 16.8 Å². The van der Waals surface area contributed by atoms with Gasteiger partial charge in [-0.25, -0.2) is 19.0 Å². The largest absolute Gasteiger partial charge is 0.488 e. The molecule has 2 aromatic heterocycles. The van der Waals surface area contributed by atoms with Crippen molar-refractivity contribution in [2.75, 3.05) is 20.3 Å². The Hall–Kier alpha value is -4.42. The maximum absolute atomic E-state index is 14.0. The molecule has 0 spiro atoms. The van der Waals surface area contributed by atoms with Crippen LogP contribution >= 0.6 is 0 Å². The van der Waals surface area contributed by atoms with Crippen molar-refractivity contribution in [1.82, 2.24) is 19.7 Å². The molecule has 0 atom stereocenters. The molecule has 4 aromatic rings. The van der Waals surface area contributed by atoms with Gasteiger partial charge in [-0.15, -0.1) is 0 Å². The first-order valence-electron chi connectivity index (χ1n) is 10.4. The number of rotatable bonds is 8. The molecule has 0 aliphatic rings.